The van der Waals surface area contributed by atoms with E-state index in [0.29, 0.717) is 25.7 Å². The Morgan fingerprint density at radius 1 is 0.294 bits per heavy atom. The zero-order chi connectivity index (χ0) is 74.6. The molecule has 0 aliphatic carbocycles. The standard InChI is InChI=1S/C83H136O17P2/c1-5-9-13-17-21-25-29-33-36-38-41-45-48-52-56-60-64-68-81(86)94-74-79(100-83(88)70-66-62-58-54-50-46-42-39-37-34-30-26-22-18-14-10-6-2)76-98-102(91,92)96-72-77(84)71-95-101(89,90)97-75-78(99-82(87)69-65-61-57-53-49-43-32-28-24-20-16-12-8-4)73-93-80(85)67-63-59-55-51-47-44-40-35-31-27-23-19-15-11-7-3/h9-11,13-15,21-23,25-27,33-37,40-42,45-47,51,59,63,77-79,84H,5-8,12,16-20,24,28-32,38-39,43-44,48-50,52-58,60-62,64-76H2,1-4H3,(H,89,90)(H,91,92)/b13-9-,14-10-,15-11-,25-21-,26-22-,27-23-,36-33-,37-34-,40-35-,45-41-,46-42-,51-47-,63-59-. The molecule has 0 heterocycles. The lowest BCUT2D eigenvalue weighted by molar-refractivity contribution is -0.161. The van der Waals surface area contributed by atoms with Crippen LogP contribution in [0, 0.1) is 0 Å². The van der Waals surface area contributed by atoms with Crippen LogP contribution in [0.2, 0.25) is 0 Å². The third-order valence-corrected chi connectivity index (χ3v) is 17.4. The van der Waals surface area contributed by atoms with Gasteiger partial charge in [-0.25, -0.2) is 9.13 Å². The van der Waals surface area contributed by atoms with Crippen molar-refractivity contribution in [3.63, 3.8) is 0 Å². The van der Waals surface area contributed by atoms with E-state index in [1.807, 2.05) is 18.2 Å². The molecule has 0 radical (unpaired) electrons. The van der Waals surface area contributed by atoms with E-state index in [4.69, 9.17) is 37.0 Å². The highest BCUT2D eigenvalue weighted by Crippen LogP contribution is 2.45. The topological polar surface area (TPSA) is 237 Å². The first-order chi connectivity index (χ1) is 49.7. The van der Waals surface area contributed by atoms with Crippen molar-refractivity contribution in [1.29, 1.82) is 0 Å². The highest BCUT2D eigenvalue weighted by molar-refractivity contribution is 7.47. The normalized spacial score (nSPS) is 14.8. The number of esters is 4. The Morgan fingerprint density at radius 3 is 0.873 bits per heavy atom. The summed E-state index contributed by atoms with van der Waals surface area (Å²) >= 11 is 0. The molecule has 19 heteroatoms. The molecule has 3 N–H and O–H groups in total. The second kappa shape index (κ2) is 74.0. The van der Waals surface area contributed by atoms with E-state index >= 15 is 0 Å². The molecular weight excluding hydrogens is 1330 g/mol. The fraction of sp³-hybridized carbons (Fsp3) is 0.639. The Morgan fingerprint density at radius 2 is 0.549 bits per heavy atom. The molecule has 5 atom stereocenters. The van der Waals surface area contributed by atoms with Crippen LogP contribution in [0.1, 0.15) is 285 Å². The Hall–Kier alpha value is -5.32. The Kier molecular flexibility index (Phi) is 70.1. The number of hydrogen-bond donors (Lipinski definition) is 3. The minimum atomic E-state index is -5.00. The van der Waals surface area contributed by atoms with E-state index in [0.717, 1.165) is 154 Å². The molecule has 0 spiro atoms. The number of ether oxygens (including phenoxy) is 4. The van der Waals surface area contributed by atoms with Crippen molar-refractivity contribution in [3.05, 3.63) is 158 Å². The molecule has 0 aromatic carbocycles. The van der Waals surface area contributed by atoms with Crippen LogP contribution in [0.5, 0.6) is 0 Å². The lowest BCUT2D eigenvalue weighted by Crippen LogP contribution is -2.30. The van der Waals surface area contributed by atoms with Gasteiger partial charge in [0.1, 0.15) is 19.3 Å². The summed E-state index contributed by atoms with van der Waals surface area (Å²) < 4.78 is 68.4. The maximum Gasteiger partial charge on any atom is 0.472 e. The van der Waals surface area contributed by atoms with Crippen molar-refractivity contribution in [1.82, 2.24) is 0 Å². The van der Waals surface area contributed by atoms with Gasteiger partial charge in [0.05, 0.1) is 32.8 Å². The van der Waals surface area contributed by atoms with Crippen LogP contribution in [-0.2, 0) is 65.4 Å². The van der Waals surface area contributed by atoms with Gasteiger partial charge in [0.2, 0.25) is 0 Å². The summed E-state index contributed by atoms with van der Waals surface area (Å²) in [6.45, 7) is 4.35. The molecule has 0 aliphatic heterocycles. The molecule has 0 saturated carbocycles. The number of aliphatic hydroxyl groups excluding tert-OH is 1. The molecule has 0 fully saturated rings. The minimum absolute atomic E-state index is 0.0540. The fourth-order valence-corrected chi connectivity index (χ4v) is 11.3. The fourth-order valence-electron chi connectivity index (χ4n) is 9.75. The van der Waals surface area contributed by atoms with Crippen molar-refractivity contribution in [2.24, 2.45) is 0 Å². The lowest BCUT2D eigenvalue weighted by Gasteiger charge is -2.21. The quantitative estimate of drug-likeness (QED) is 0.0169. The van der Waals surface area contributed by atoms with Gasteiger partial charge in [-0.2, -0.15) is 0 Å². The van der Waals surface area contributed by atoms with Crippen molar-refractivity contribution in [2.75, 3.05) is 39.6 Å². The summed E-state index contributed by atoms with van der Waals surface area (Å²) in [5, 5.41) is 10.6. The van der Waals surface area contributed by atoms with Gasteiger partial charge in [0.15, 0.2) is 12.2 Å². The largest absolute Gasteiger partial charge is 0.472 e. The van der Waals surface area contributed by atoms with Crippen molar-refractivity contribution in [2.45, 2.75) is 303 Å². The molecule has 0 saturated heterocycles. The number of aliphatic hydroxyl groups is 1. The molecule has 0 bridgehead atoms. The van der Waals surface area contributed by atoms with Crippen LogP contribution in [0.15, 0.2) is 158 Å². The maximum absolute atomic E-state index is 13.1. The molecule has 0 amide bonds. The van der Waals surface area contributed by atoms with Crippen LogP contribution < -0.4 is 0 Å². The number of carbonyl (C=O) groups is 4. The van der Waals surface area contributed by atoms with E-state index in [2.05, 4.69) is 161 Å². The molecule has 0 aliphatic rings. The third kappa shape index (κ3) is 73.0. The molecule has 0 aromatic rings. The van der Waals surface area contributed by atoms with E-state index in [9.17, 15) is 43.2 Å². The predicted octanol–water partition coefficient (Wildman–Crippen LogP) is 22.4. The molecule has 0 rings (SSSR count). The minimum Gasteiger partial charge on any atom is -0.462 e. The average molecular weight is 1470 g/mol. The first kappa shape index (κ1) is 96.7. The number of unbranched alkanes of at least 4 members (excludes halogenated alkanes) is 20. The Bertz CT molecular complexity index is 2550. The number of rotatable bonds is 71. The highest BCUT2D eigenvalue weighted by Gasteiger charge is 2.30. The number of hydrogen-bond acceptors (Lipinski definition) is 15. The van der Waals surface area contributed by atoms with Gasteiger partial charge in [0.25, 0.3) is 0 Å². The molecule has 5 unspecified atom stereocenters. The molecule has 17 nitrogen and oxygen atoms in total. The summed E-state index contributed by atoms with van der Waals surface area (Å²) in [6, 6.07) is 0. The Labute approximate surface area is 617 Å². The van der Waals surface area contributed by atoms with Gasteiger partial charge in [-0.1, -0.05) is 288 Å². The average Bonchev–Trinajstić information content (AvgIpc) is 0.908. The molecular formula is C83H136O17P2. The number of phosphoric acid groups is 2. The van der Waals surface area contributed by atoms with Crippen molar-refractivity contribution in [3.8, 4) is 0 Å². The Balaban J connectivity index is 5.47. The van der Waals surface area contributed by atoms with E-state index < -0.39 is 97.5 Å². The van der Waals surface area contributed by atoms with E-state index in [1.165, 1.54) is 51.4 Å². The van der Waals surface area contributed by atoms with Gasteiger partial charge >= 0.3 is 39.5 Å². The monoisotopic (exact) mass is 1470 g/mol. The van der Waals surface area contributed by atoms with Crippen LogP contribution in [0.25, 0.3) is 0 Å². The summed E-state index contributed by atoms with van der Waals surface area (Å²) in [7, 11) is -10.0. The third-order valence-electron chi connectivity index (χ3n) is 15.5. The van der Waals surface area contributed by atoms with Gasteiger partial charge in [0, 0.05) is 19.3 Å². The number of phosphoric ester groups is 2. The van der Waals surface area contributed by atoms with E-state index in [-0.39, 0.29) is 25.7 Å². The second-order valence-corrected chi connectivity index (χ2v) is 28.1. The molecule has 102 heavy (non-hydrogen) atoms. The summed E-state index contributed by atoms with van der Waals surface area (Å²) in [5.41, 5.74) is 0. The lowest BCUT2D eigenvalue weighted by atomic mass is 10.0. The summed E-state index contributed by atoms with van der Waals surface area (Å²) in [4.78, 5) is 72.9. The molecule has 580 valence electrons. The zero-order valence-corrected chi connectivity index (χ0v) is 65.0. The first-order valence-electron chi connectivity index (χ1n) is 38.7. The van der Waals surface area contributed by atoms with Gasteiger partial charge in [-0.05, 0) is 128 Å². The summed E-state index contributed by atoms with van der Waals surface area (Å²) in [5.74, 6) is -2.38. The predicted molar refractivity (Wildman–Crippen MR) is 417 cm³/mol. The second-order valence-electron chi connectivity index (χ2n) is 25.2. The maximum atomic E-state index is 13.1. The van der Waals surface area contributed by atoms with Crippen LogP contribution in [-0.4, -0.2) is 96.7 Å². The number of allylic oxidation sites excluding steroid dienone is 25. The summed E-state index contributed by atoms with van der Waals surface area (Å²) in [6.07, 6.45) is 85.4. The SMILES string of the molecule is CC/C=C\C/C=C\C/C=C\C/C=C\C/C=C\CC(=O)OCC(COP(=O)(O)OCC(O)COP(=O)(O)OCC(COC(=O)CCCCCC/C=C\C/C=C\C/C=C\C/C=C\CC)OC(=O)CCCCCC/C=C\C/C=C\C/C=C\C/C=C\CC)OC(=O)CCCCCCCCCCCCCCC. The van der Waals surface area contributed by atoms with Gasteiger partial charge in [-0.3, -0.25) is 37.3 Å². The van der Waals surface area contributed by atoms with Crippen molar-refractivity contribution >= 4 is 39.5 Å². The van der Waals surface area contributed by atoms with Gasteiger partial charge in [-0.15, -0.1) is 0 Å². The van der Waals surface area contributed by atoms with Crippen molar-refractivity contribution < 1.29 is 80.2 Å². The van der Waals surface area contributed by atoms with E-state index in [1.54, 1.807) is 6.08 Å². The molecule has 0 aromatic heterocycles. The number of carbonyl (C=O) groups excluding carboxylic acids is 4. The van der Waals surface area contributed by atoms with Crippen LogP contribution >= 0.6 is 15.6 Å². The highest BCUT2D eigenvalue weighted by atomic mass is 31.2. The van der Waals surface area contributed by atoms with Crippen LogP contribution in [0.3, 0.4) is 0 Å². The first-order valence-corrected chi connectivity index (χ1v) is 41.7. The van der Waals surface area contributed by atoms with Gasteiger partial charge < -0.3 is 33.8 Å². The zero-order valence-electron chi connectivity index (χ0n) is 63.2. The van der Waals surface area contributed by atoms with Crippen LogP contribution in [0.4, 0.5) is 0 Å². The smallest absolute Gasteiger partial charge is 0.462 e.